The number of amides is 2. The molecule has 8 nitrogen and oxygen atoms in total. The van der Waals surface area contributed by atoms with E-state index in [9.17, 15) is 9.59 Å². The maximum Gasteiger partial charge on any atom is 0.236 e. The largest absolute Gasteiger partial charge is 0.412 e. The van der Waals surface area contributed by atoms with Gasteiger partial charge in [-0.2, -0.15) is 5.10 Å². The highest BCUT2D eigenvalue weighted by molar-refractivity contribution is 5.73. The van der Waals surface area contributed by atoms with E-state index in [4.69, 9.17) is 4.79 Å². The maximum atomic E-state index is 9.98. The Morgan fingerprint density at radius 3 is 1.56 bits per heavy atom. The van der Waals surface area contributed by atoms with Crippen LogP contribution in [-0.2, 0) is 14.4 Å². The van der Waals surface area contributed by atoms with E-state index in [1.165, 1.54) is 27.0 Å². The molecule has 96 valence electrons. The molecule has 0 rings (SSSR count). The number of hydrazine groups is 1. The van der Waals surface area contributed by atoms with Crippen LogP contribution in [0.3, 0.4) is 0 Å². The third-order valence-electron chi connectivity index (χ3n) is 0.554. The summed E-state index contributed by atoms with van der Waals surface area (Å²) >= 11 is 0. The number of hydrogen-bond acceptors (Lipinski definition) is 5. The second kappa shape index (κ2) is 23.2. The van der Waals surface area contributed by atoms with E-state index < -0.39 is 0 Å². The number of carbonyl (C=O) groups excluding carboxylic acids is 3. The summed E-state index contributed by atoms with van der Waals surface area (Å²) in [5.74, 6) is 4.21. The van der Waals surface area contributed by atoms with Crippen LogP contribution in [0.5, 0.6) is 0 Å². The molecule has 0 fully saturated rings. The molecule has 0 aliphatic heterocycles. The number of aldehydes is 1. The van der Waals surface area contributed by atoms with Crippen LogP contribution in [0.15, 0.2) is 5.10 Å². The fourth-order valence-electron chi connectivity index (χ4n) is 0.155. The lowest BCUT2D eigenvalue weighted by Crippen LogP contribution is -2.26. The fourth-order valence-corrected chi connectivity index (χ4v) is 0.155. The van der Waals surface area contributed by atoms with Crippen molar-refractivity contribution < 1.29 is 19.9 Å². The Morgan fingerprint density at radius 2 is 1.50 bits per heavy atom. The van der Waals surface area contributed by atoms with Crippen molar-refractivity contribution in [2.45, 2.75) is 27.7 Å². The molecular formula is C8H20N4O4. The smallest absolute Gasteiger partial charge is 0.236 e. The predicted molar refractivity (Wildman–Crippen MR) is 61.3 cm³/mol. The van der Waals surface area contributed by atoms with Crippen molar-refractivity contribution in [2.75, 3.05) is 0 Å². The van der Waals surface area contributed by atoms with Gasteiger partial charge in [-0.3, -0.25) is 15.0 Å². The Bertz CT molecular complexity index is 206. The first-order valence-electron chi connectivity index (χ1n) is 4.07. The summed E-state index contributed by atoms with van der Waals surface area (Å²) in [4.78, 5) is 28.4. The van der Waals surface area contributed by atoms with Crippen molar-refractivity contribution in [3.63, 3.8) is 0 Å². The van der Waals surface area contributed by atoms with Gasteiger partial charge in [-0.25, -0.2) is 11.3 Å². The van der Waals surface area contributed by atoms with Crippen molar-refractivity contribution in [3.8, 4) is 0 Å². The van der Waals surface area contributed by atoms with Crippen molar-refractivity contribution in [3.05, 3.63) is 0 Å². The minimum absolute atomic E-state index is 0. The first-order valence-corrected chi connectivity index (χ1v) is 4.07. The summed E-state index contributed by atoms with van der Waals surface area (Å²) in [6.07, 6.45) is 2.27. The van der Waals surface area contributed by atoms with Crippen LogP contribution >= 0.6 is 0 Å². The van der Waals surface area contributed by atoms with Crippen LogP contribution in [-0.4, -0.2) is 29.8 Å². The number of hydrazone groups is 1. The van der Waals surface area contributed by atoms with Crippen molar-refractivity contribution in [1.29, 1.82) is 0 Å². The van der Waals surface area contributed by atoms with Crippen LogP contribution in [0.2, 0.25) is 0 Å². The van der Waals surface area contributed by atoms with E-state index >= 15 is 0 Å². The zero-order chi connectivity index (χ0) is 12.7. The summed E-state index contributed by atoms with van der Waals surface area (Å²) in [5.41, 5.74) is 4.11. The first kappa shape index (κ1) is 23.8. The summed E-state index contributed by atoms with van der Waals surface area (Å²) in [6.45, 7) is 5.93. The molecule has 0 aromatic carbocycles. The van der Waals surface area contributed by atoms with E-state index in [2.05, 4.69) is 16.4 Å². The van der Waals surface area contributed by atoms with Gasteiger partial charge in [-0.05, 0) is 13.8 Å². The number of rotatable bonds is 1. The van der Waals surface area contributed by atoms with Crippen LogP contribution in [0.4, 0.5) is 0 Å². The van der Waals surface area contributed by atoms with Gasteiger partial charge in [0.1, 0.15) is 6.29 Å². The molecule has 8 heteroatoms. The van der Waals surface area contributed by atoms with Crippen molar-refractivity contribution in [2.24, 2.45) is 10.9 Å². The Balaban J connectivity index is -0.0000000710. The lowest BCUT2D eigenvalue weighted by atomic mass is 10.8. The molecule has 16 heavy (non-hydrogen) atoms. The average Bonchev–Trinajstić information content (AvgIpc) is 2.16. The standard InChI is InChI=1S/C4H8N2O.C2H6N2O.C2H4O.H2O/c1-3-5-6-4(2)7;1-2(5)4-3;1-2-3;/h3H,1-2H3,(H,6,7);3H2,1H3,(H,4,5);2H,1H3;1H2. The van der Waals surface area contributed by atoms with Gasteiger partial charge in [0.05, 0.1) is 0 Å². The van der Waals surface area contributed by atoms with Crippen LogP contribution in [0, 0.1) is 0 Å². The molecule has 0 heterocycles. The lowest BCUT2D eigenvalue weighted by Gasteiger charge is -1.84. The highest BCUT2D eigenvalue weighted by Crippen LogP contribution is 1.56. The van der Waals surface area contributed by atoms with E-state index in [-0.39, 0.29) is 17.3 Å². The monoisotopic (exact) mass is 236 g/mol. The predicted octanol–water partition coefficient (Wildman–Crippen LogP) is -1.50. The SMILES string of the molecule is CC(=O)NN.CC=NNC(C)=O.CC=O.O. The third kappa shape index (κ3) is 86.8. The second-order valence-corrected chi connectivity index (χ2v) is 1.99. The van der Waals surface area contributed by atoms with Gasteiger partial charge in [0, 0.05) is 20.1 Å². The van der Waals surface area contributed by atoms with Crippen LogP contribution in [0.25, 0.3) is 0 Å². The van der Waals surface area contributed by atoms with E-state index in [1.807, 2.05) is 5.43 Å². The molecular weight excluding hydrogens is 216 g/mol. The van der Waals surface area contributed by atoms with E-state index in [0.29, 0.717) is 0 Å². The molecule has 2 amide bonds. The zero-order valence-electron chi connectivity index (χ0n) is 9.90. The molecule has 0 aliphatic carbocycles. The normalized spacial score (nSPS) is 7.06. The molecule has 0 saturated heterocycles. The Hall–Kier alpha value is -1.80. The number of nitrogens with one attached hydrogen (secondary N) is 2. The van der Waals surface area contributed by atoms with Crippen LogP contribution in [0.1, 0.15) is 27.7 Å². The molecule has 0 aliphatic rings. The summed E-state index contributed by atoms with van der Waals surface area (Å²) in [5, 5.41) is 3.45. The highest BCUT2D eigenvalue weighted by Gasteiger charge is 1.78. The van der Waals surface area contributed by atoms with E-state index in [0.717, 1.165) is 6.29 Å². The number of hydrogen-bond donors (Lipinski definition) is 3. The van der Waals surface area contributed by atoms with Crippen LogP contribution < -0.4 is 16.7 Å². The lowest BCUT2D eigenvalue weighted by molar-refractivity contribution is -0.119. The second-order valence-electron chi connectivity index (χ2n) is 1.99. The fraction of sp³-hybridized carbons (Fsp3) is 0.500. The van der Waals surface area contributed by atoms with Gasteiger partial charge in [-0.1, -0.05) is 0 Å². The first-order chi connectivity index (χ1) is 6.95. The Kier molecular flexibility index (Phi) is 34.5. The highest BCUT2D eigenvalue weighted by atomic mass is 16.2. The van der Waals surface area contributed by atoms with Gasteiger partial charge in [0.2, 0.25) is 11.8 Å². The molecule has 0 unspecified atom stereocenters. The molecule has 6 N–H and O–H groups in total. The van der Waals surface area contributed by atoms with Gasteiger partial charge in [-0.15, -0.1) is 0 Å². The van der Waals surface area contributed by atoms with Gasteiger partial charge < -0.3 is 10.3 Å². The Morgan fingerprint density at radius 1 is 1.19 bits per heavy atom. The van der Waals surface area contributed by atoms with Crippen molar-refractivity contribution >= 4 is 24.3 Å². The number of nitrogens with two attached hydrogens (primary N) is 1. The molecule has 0 spiro atoms. The zero-order valence-corrected chi connectivity index (χ0v) is 9.90. The minimum Gasteiger partial charge on any atom is -0.412 e. The number of carbonyl (C=O) groups is 3. The Labute approximate surface area is 94.5 Å². The molecule has 0 radical (unpaired) electrons. The maximum absolute atomic E-state index is 9.98. The minimum atomic E-state index is -0.218. The average molecular weight is 236 g/mol. The molecule has 0 atom stereocenters. The quantitative estimate of drug-likeness (QED) is 0.167. The molecule has 0 aromatic heterocycles. The van der Waals surface area contributed by atoms with E-state index in [1.54, 1.807) is 6.92 Å². The topological polar surface area (TPSA) is 145 Å². The van der Waals surface area contributed by atoms with Gasteiger partial charge in [0.25, 0.3) is 0 Å². The summed E-state index contributed by atoms with van der Waals surface area (Å²) in [6, 6.07) is 0. The molecule has 0 saturated carbocycles. The summed E-state index contributed by atoms with van der Waals surface area (Å²) in [7, 11) is 0. The third-order valence-corrected chi connectivity index (χ3v) is 0.554. The number of nitrogens with zero attached hydrogens (tertiary/aromatic N) is 1. The molecule has 0 bridgehead atoms. The molecule has 0 aromatic rings. The summed E-state index contributed by atoms with van der Waals surface area (Å²) < 4.78 is 0. The van der Waals surface area contributed by atoms with Gasteiger partial charge in [0.15, 0.2) is 0 Å². The van der Waals surface area contributed by atoms with Gasteiger partial charge >= 0.3 is 0 Å². The van der Waals surface area contributed by atoms with Crippen molar-refractivity contribution in [1.82, 2.24) is 10.9 Å².